The van der Waals surface area contributed by atoms with Crippen LogP contribution in [0.1, 0.15) is 110 Å². The SMILES string of the molecule is CCCCCCC(CC)N(C(=O)OCc1c2ccccc2cc2ccccc12)C(CC)CCCCCC. The molecule has 3 heteroatoms. The molecular formula is C34H49NO2. The lowest BCUT2D eigenvalue weighted by molar-refractivity contribution is 0.0530. The number of fused-ring (bicyclic) bond motifs is 2. The van der Waals surface area contributed by atoms with E-state index in [1.165, 1.54) is 72.9 Å². The first-order valence-corrected chi connectivity index (χ1v) is 15.0. The van der Waals surface area contributed by atoms with Gasteiger partial charge in [0.2, 0.25) is 0 Å². The third-order valence-corrected chi connectivity index (χ3v) is 7.94. The van der Waals surface area contributed by atoms with Crippen molar-refractivity contribution in [1.29, 1.82) is 0 Å². The summed E-state index contributed by atoms with van der Waals surface area (Å²) >= 11 is 0. The lowest BCUT2D eigenvalue weighted by Crippen LogP contribution is -2.47. The van der Waals surface area contributed by atoms with E-state index >= 15 is 0 Å². The molecule has 202 valence electrons. The molecule has 0 aromatic heterocycles. The first-order valence-electron chi connectivity index (χ1n) is 15.0. The van der Waals surface area contributed by atoms with E-state index in [1.54, 1.807) is 0 Å². The molecule has 3 nitrogen and oxygen atoms in total. The maximum Gasteiger partial charge on any atom is 0.410 e. The minimum atomic E-state index is -0.137. The number of carbonyl (C=O) groups excluding carboxylic acids is 1. The van der Waals surface area contributed by atoms with E-state index in [9.17, 15) is 4.79 Å². The number of hydrogen-bond acceptors (Lipinski definition) is 2. The van der Waals surface area contributed by atoms with Crippen LogP contribution in [0.15, 0.2) is 54.6 Å². The molecular weight excluding hydrogens is 454 g/mol. The van der Waals surface area contributed by atoms with E-state index in [0.29, 0.717) is 6.61 Å². The molecule has 2 atom stereocenters. The van der Waals surface area contributed by atoms with Crippen molar-refractivity contribution in [2.75, 3.05) is 0 Å². The molecule has 0 aliphatic heterocycles. The van der Waals surface area contributed by atoms with E-state index < -0.39 is 0 Å². The van der Waals surface area contributed by atoms with Crippen LogP contribution in [0.25, 0.3) is 21.5 Å². The third-order valence-electron chi connectivity index (χ3n) is 7.94. The van der Waals surface area contributed by atoms with Crippen molar-refractivity contribution in [3.8, 4) is 0 Å². The van der Waals surface area contributed by atoms with E-state index in [1.807, 2.05) is 0 Å². The molecule has 0 heterocycles. The summed E-state index contributed by atoms with van der Waals surface area (Å²) in [7, 11) is 0. The molecule has 2 unspecified atom stereocenters. The molecule has 3 aromatic carbocycles. The van der Waals surface area contributed by atoms with Gasteiger partial charge in [-0.3, -0.25) is 0 Å². The predicted octanol–water partition coefficient (Wildman–Crippen LogP) is 10.4. The van der Waals surface area contributed by atoms with Crippen molar-refractivity contribution >= 4 is 27.6 Å². The number of rotatable bonds is 16. The Labute approximate surface area is 225 Å². The van der Waals surface area contributed by atoms with E-state index in [4.69, 9.17) is 4.74 Å². The fourth-order valence-corrected chi connectivity index (χ4v) is 5.76. The zero-order chi connectivity index (χ0) is 26.5. The lowest BCUT2D eigenvalue weighted by atomic mass is 9.97. The minimum Gasteiger partial charge on any atom is -0.444 e. The first-order chi connectivity index (χ1) is 18.1. The minimum absolute atomic E-state index is 0.137. The van der Waals surface area contributed by atoms with Crippen LogP contribution in [0, 0.1) is 0 Å². The second-order valence-corrected chi connectivity index (χ2v) is 10.6. The maximum atomic E-state index is 13.9. The summed E-state index contributed by atoms with van der Waals surface area (Å²) in [6.07, 6.45) is 13.8. The zero-order valence-corrected chi connectivity index (χ0v) is 23.8. The molecule has 0 saturated carbocycles. The maximum absolute atomic E-state index is 13.9. The predicted molar refractivity (Wildman–Crippen MR) is 159 cm³/mol. The molecule has 37 heavy (non-hydrogen) atoms. The number of benzene rings is 3. The van der Waals surface area contributed by atoms with Crippen molar-refractivity contribution in [3.05, 3.63) is 60.2 Å². The number of nitrogens with zero attached hydrogens (tertiary/aromatic N) is 1. The molecule has 0 aliphatic rings. The third kappa shape index (κ3) is 7.97. The molecule has 0 radical (unpaired) electrons. The van der Waals surface area contributed by atoms with Crippen molar-refractivity contribution in [2.24, 2.45) is 0 Å². The van der Waals surface area contributed by atoms with Gasteiger partial charge in [-0.1, -0.05) is 128 Å². The van der Waals surface area contributed by atoms with Crippen LogP contribution in [0.4, 0.5) is 4.79 Å². The fraction of sp³-hybridized carbons (Fsp3) is 0.559. The van der Waals surface area contributed by atoms with Gasteiger partial charge >= 0.3 is 6.09 Å². The highest BCUT2D eigenvalue weighted by atomic mass is 16.6. The van der Waals surface area contributed by atoms with Gasteiger partial charge in [0.1, 0.15) is 6.61 Å². The van der Waals surface area contributed by atoms with Crippen LogP contribution in [-0.2, 0) is 11.3 Å². The molecule has 0 bridgehead atoms. The van der Waals surface area contributed by atoms with Gasteiger partial charge in [0.15, 0.2) is 0 Å². The number of carbonyl (C=O) groups is 1. The van der Waals surface area contributed by atoms with Gasteiger partial charge < -0.3 is 9.64 Å². The standard InChI is InChI=1S/C34H49NO2/c1-5-9-11-13-21-29(7-3)35(30(8-4)22-14-12-10-6-2)34(36)37-26-33-31-23-17-15-19-27(31)25-28-20-16-18-24-32(28)33/h15-20,23-25,29-30H,5-14,21-22,26H2,1-4H3. The Morgan fingerprint density at radius 2 is 1.19 bits per heavy atom. The van der Waals surface area contributed by atoms with Crippen LogP contribution in [0.3, 0.4) is 0 Å². The topological polar surface area (TPSA) is 29.5 Å². The second-order valence-electron chi connectivity index (χ2n) is 10.6. The lowest BCUT2D eigenvalue weighted by Gasteiger charge is -2.37. The van der Waals surface area contributed by atoms with Gasteiger partial charge in [-0.2, -0.15) is 0 Å². The average Bonchev–Trinajstić information content (AvgIpc) is 2.93. The number of amides is 1. The highest BCUT2D eigenvalue weighted by Gasteiger charge is 2.30. The van der Waals surface area contributed by atoms with Gasteiger partial charge in [0.05, 0.1) is 0 Å². The van der Waals surface area contributed by atoms with Crippen LogP contribution in [0.5, 0.6) is 0 Å². The molecule has 1 amide bonds. The van der Waals surface area contributed by atoms with Gasteiger partial charge in [0, 0.05) is 17.6 Å². The smallest absolute Gasteiger partial charge is 0.410 e. The Morgan fingerprint density at radius 3 is 1.65 bits per heavy atom. The highest BCUT2D eigenvalue weighted by molar-refractivity contribution is 6.02. The summed E-state index contributed by atoms with van der Waals surface area (Å²) in [4.78, 5) is 16.0. The number of hydrogen-bond donors (Lipinski definition) is 0. The van der Waals surface area contributed by atoms with Gasteiger partial charge in [-0.05, 0) is 53.3 Å². The summed E-state index contributed by atoms with van der Waals surface area (Å²) in [6, 6.07) is 19.6. The van der Waals surface area contributed by atoms with Crippen LogP contribution >= 0.6 is 0 Å². The highest BCUT2D eigenvalue weighted by Crippen LogP contribution is 2.30. The quantitative estimate of drug-likeness (QED) is 0.144. The van der Waals surface area contributed by atoms with Crippen LogP contribution < -0.4 is 0 Å². The Kier molecular flexibility index (Phi) is 12.3. The molecule has 0 N–H and O–H groups in total. The Hall–Kier alpha value is -2.55. The van der Waals surface area contributed by atoms with Crippen LogP contribution in [0.2, 0.25) is 0 Å². The Balaban J connectivity index is 1.84. The van der Waals surface area contributed by atoms with Crippen molar-refractivity contribution in [2.45, 2.75) is 123 Å². The van der Waals surface area contributed by atoms with E-state index in [0.717, 1.165) is 31.2 Å². The summed E-state index contributed by atoms with van der Waals surface area (Å²) in [5, 5.41) is 4.71. The molecule has 0 aliphatic carbocycles. The fourth-order valence-electron chi connectivity index (χ4n) is 5.76. The zero-order valence-electron chi connectivity index (χ0n) is 23.8. The number of ether oxygens (including phenoxy) is 1. The summed E-state index contributed by atoms with van der Waals surface area (Å²) in [6.45, 7) is 9.26. The van der Waals surface area contributed by atoms with E-state index in [2.05, 4.69) is 87.2 Å². The van der Waals surface area contributed by atoms with Crippen molar-refractivity contribution in [1.82, 2.24) is 4.90 Å². The normalized spacial score (nSPS) is 13.1. The van der Waals surface area contributed by atoms with E-state index in [-0.39, 0.29) is 18.2 Å². The Morgan fingerprint density at radius 1 is 0.703 bits per heavy atom. The van der Waals surface area contributed by atoms with Crippen molar-refractivity contribution in [3.63, 3.8) is 0 Å². The Bertz CT molecular complexity index is 1020. The average molecular weight is 504 g/mol. The molecule has 0 spiro atoms. The molecule has 0 fully saturated rings. The molecule has 3 rings (SSSR count). The number of unbranched alkanes of at least 4 members (excludes halogenated alkanes) is 6. The van der Waals surface area contributed by atoms with Crippen LogP contribution in [-0.4, -0.2) is 23.1 Å². The summed E-state index contributed by atoms with van der Waals surface area (Å²) < 4.78 is 6.21. The van der Waals surface area contributed by atoms with Crippen molar-refractivity contribution < 1.29 is 9.53 Å². The largest absolute Gasteiger partial charge is 0.444 e. The summed E-state index contributed by atoms with van der Waals surface area (Å²) in [5.41, 5.74) is 1.11. The summed E-state index contributed by atoms with van der Waals surface area (Å²) in [5.74, 6) is 0. The van der Waals surface area contributed by atoms with Gasteiger partial charge in [-0.15, -0.1) is 0 Å². The second kappa shape index (κ2) is 15.6. The van der Waals surface area contributed by atoms with Gasteiger partial charge in [-0.25, -0.2) is 4.79 Å². The molecule has 3 aromatic rings. The monoisotopic (exact) mass is 503 g/mol. The molecule has 0 saturated heterocycles. The first kappa shape index (κ1) is 29.0. The van der Waals surface area contributed by atoms with Gasteiger partial charge in [0.25, 0.3) is 0 Å².